The third-order valence-corrected chi connectivity index (χ3v) is 3.89. The van der Waals surface area contributed by atoms with E-state index < -0.39 is 0 Å². The highest BCUT2D eigenvalue weighted by Gasteiger charge is 2.32. The molecule has 0 saturated heterocycles. The maximum Gasteiger partial charge on any atom is 0.135 e. The summed E-state index contributed by atoms with van der Waals surface area (Å²) in [5.41, 5.74) is 1.36. The Kier molecular flexibility index (Phi) is 4.27. The van der Waals surface area contributed by atoms with Crippen molar-refractivity contribution in [3.63, 3.8) is 0 Å². The van der Waals surface area contributed by atoms with Crippen molar-refractivity contribution >= 4 is 11.6 Å². The molecule has 1 aliphatic rings. The van der Waals surface area contributed by atoms with Crippen LogP contribution < -0.4 is 10.6 Å². The van der Waals surface area contributed by atoms with Gasteiger partial charge in [0.2, 0.25) is 0 Å². The maximum absolute atomic E-state index is 4.71. The monoisotopic (exact) mass is 262 g/mol. The third kappa shape index (κ3) is 3.17. The summed E-state index contributed by atoms with van der Waals surface area (Å²) in [6.07, 6.45) is 5.79. The van der Waals surface area contributed by atoms with E-state index >= 15 is 0 Å². The lowest BCUT2D eigenvalue weighted by Crippen LogP contribution is -2.42. The van der Waals surface area contributed by atoms with Gasteiger partial charge in [-0.25, -0.2) is 9.97 Å². The van der Waals surface area contributed by atoms with Gasteiger partial charge in [0.05, 0.1) is 0 Å². The van der Waals surface area contributed by atoms with E-state index in [1.807, 2.05) is 0 Å². The molecular weight excluding hydrogens is 236 g/mol. The zero-order valence-electron chi connectivity index (χ0n) is 12.6. The Morgan fingerprint density at radius 2 is 1.84 bits per heavy atom. The first kappa shape index (κ1) is 14.1. The average molecular weight is 262 g/mol. The summed E-state index contributed by atoms with van der Waals surface area (Å²) in [4.78, 5) is 9.33. The molecule has 0 spiro atoms. The molecule has 1 aromatic rings. The average Bonchev–Trinajstić information content (AvgIpc) is 2.33. The molecule has 0 amide bonds. The van der Waals surface area contributed by atoms with Gasteiger partial charge in [0, 0.05) is 24.1 Å². The number of nitrogens with one attached hydrogen (secondary N) is 2. The van der Waals surface area contributed by atoms with Crippen molar-refractivity contribution in [3.05, 3.63) is 11.4 Å². The topological polar surface area (TPSA) is 49.8 Å². The van der Waals surface area contributed by atoms with Crippen LogP contribution in [0, 0.1) is 6.92 Å². The summed E-state index contributed by atoms with van der Waals surface area (Å²) in [5.74, 6) is 2.93. The predicted molar refractivity (Wildman–Crippen MR) is 80.8 cm³/mol. The molecule has 0 atom stereocenters. The van der Waals surface area contributed by atoms with Gasteiger partial charge >= 0.3 is 0 Å². The molecule has 1 aromatic heterocycles. The minimum absolute atomic E-state index is 0.228. The minimum Gasteiger partial charge on any atom is -0.370 e. The first-order valence-electron chi connectivity index (χ1n) is 7.47. The van der Waals surface area contributed by atoms with Gasteiger partial charge in [0.15, 0.2) is 0 Å². The minimum atomic E-state index is 0.228. The SMILES string of the molecule is CCCc1nc(NCC)c(C)c(NC2(C)CCC2)n1. The lowest BCUT2D eigenvalue weighted by Gasteiger charge is -2.40. The van der Waals surface area contributed by atoms with Gasteiger partial charge in [-0.3, -0.25) is 0 Å². The Morgan fingerprint density at radius 1 is 1.16 bits per heavy atom. The van der Waals surface area contributed by atoms with Crippen molar-refractivity contribution < 1.29 is 0 Å². The molecule has 1 fully saturated rings. The van der Waals surface area contributed by atoms with Crippen LogP contribution in [-0.2, 0) is 6.42 Å². The van der Waals surface area contributed by atoms with Crippen LogP contribution in [0.25, 0.3) is 0 Å². The second-order valence-corrected chi connectivity index (χ2v) is 5.78. The molecule has 4 heteroatoms. The number of hydrogen-bond donors (Lipinski definition) is 2. The van der Waals surface area contributed by atoms with Crippen LogP contribution in [0.15, 0.2) is 0 Å². The van der Waals surface area contributed by atoms with E-state index in [0.29, 0.717) is 0 Å². The summed E-state index contributed by atoms with van der Waals surface area (Å²) >= 11 is 0. The number of aromatic nitrogens is 2. The van der Waals surface area contributed by atoms with Crippen molar-refractivity contribution in [1.82, 2.24) is 9.97 Å². The molecule has 1 aliphatic carbocycles. The maximum atomic E-state index is 4.71. The first-order chi connectivity index (χ1) is 9.08. The van der Waals surface area contributed by atoms with Crippen molar-refractivity contribution in [1.29, 1.82) is 0 Å². The van der Waals surface area contributed by atoms with Gasteiger partial charge in [0.1, 0.15) is 17.5 Å². The summed E-state index contributed by atoms with van der Waals surface area (Å²) in [5, 5.41) is 6.98. The van der Waals surface area contributed by atoms with E-state index in [1.165, 1.54) is 19.3 Å². The predicted octanol–water partition coefficient (Wildman–Crippen LogP) is 3.52. The Morgan fingerprint density at radius 3 is 2.37 bits per heavy atom. The van der Waals surface area contributed by atoms with Crippen molar-refractivity contribution in [2.24, 2.45) is 0 Å². The van der Waals surface area contributed by atoms with Crippen LogP contribution in [0.3, 0.4) is 0 Å². The van der Waals surface area contributed by atoms with Gasteiger partial charge in [-0.15, -0.1) is 0 Å². The van der Waals surface area contributed by atoms with Crippen LogP contribution in [-0.4, -0.2) is 22.1 Å². The van der Waals surface area contributed by atoms with Crippen molar-refractivity contribution in [2.45, 2.75) is 65.3 Å². The van der Waals surface area contributed by atoms with Crippen LogP contribution in [0.2, 0.25) is 0 Å². The zero-order valence-corrected chi connectivity index (χ0v) is 12.6. The molecule has 0 aromatic carbocycles. The van der Waals surface area contributed by atoms with Crippen LogP contribution in [0.4, 0.5) is 11.6 Å². The van der Waals surface area contributed by atoms with Gasteiger partial charge < -0.3 is 10.6 Å². The van der Waals surface area contributed by atoms with Crippen LogP contribution >= 0.6 is 0 Å². The molecule has 1 saturated carbocycles. The van der Waals surface area contributed by atoms with Gasteiger partial charge in [-0.1, -0.05) is 6.92 Å². The van der Waals surface area contributed by atoms with Crippen LogP contribution in [0.5, 0.6) is 0 Å². The smallest absolute Gasteiger partial charge is 0.135 e. The number of nitrogens with zero attached hydrogens (tertiary/aromatic N) is 2. The van der Waals surface area contributed by atoms with Crippen molar-refractivity contribution in [3.8, 4) is 0 Å². The number of hydrogen-bond acceptors (Lipinski definition) is 4. The zero-order chi connectivity index (χ0) is 13.9. The standard InChI is InChI=1S/C15H26N4/c1-5-8-12-17-13(16-6-2)11(3)14(18-12)19-15(4)9-7-10-15/h5-10H2,1-4H3,(H2,16,17,18,19). The van der Waals surface area contributed by atoms with E-state index in [-0.39, 0.29) is 5.54 Å². The highest BCUT2D eigenvalue weighted by atomic mass is 15.1. The lowest BCUT2D eigenvalue weighted by molar-refractivity contribution is 0.305. The molecule has 2 rings (SSSR count). The molecule has 0 bridgehead atoms. The second kappa shape index (κ2) is 5.76. The van der Waals surface area contributed by atoms with Crippen molar-refractivity contribution in [2.75, 3.05) is 17.2 Å². The Balaban J connectivity index is 2.28. The summed E-state index contributed by atoms with van der Waals surface area (Å²) in [7, 11) is 0. The molecule has 106 valence electrons. The molecule has 0 aliphatic heterocycles. The first-order valence-corrected chi connectivity index (χ1v) is 7.47. The second-order valence-electron chi connectivity index (χ2n) is 5.78. The molecular formula is C15H26N4. The van der Waals surface area contributed by atoms with E-state index in [9.17, 15) is 0 Å². The molecule has 0 unspecified atom stereocenters. The highest BCUT2D eigenvalue weighted by molar-refractivity contribution is 5.58. The van der Waals surface area contributed by atoms with E-state index in [1.54, 1.807) is 0 Å². The molecule has 19 heavy (non-hydrogen) atoms. The quantitative estimate of drug-likeness (QED) is 0.823. The normalized spacial score (nSPS) is 16.8. The van der Waals surface area contributed by atoms with Crippen LogP contribution in [0.1, 0.15) is 57.8 Å². The molecule has 0 radical (unpaired) electrons. The van der Waals surface area contributed by atoms with Gasteiger partial charge in [-0.05, 0) is 46.5 Å². The third-order valence-electron chi connectivity index (χ3n) is 3.89. The fraction of sp³-hybridized carbons (Fsp3) is 0.733. The Labute approximate surface area is 116 Å². The summed E-state index contributed by atoms with van der Waals surface area (Å²) in [6, 6.07) is 0. The van der Waals surface area contributed by atoms with E-state index in [4.69, 9.17) is 4.98 Å². The fourth-order valence-corrected chi connectivity index (χ4v) is 2.48. The van der Waals surface area contributed by atoms with E-state index in [2.05, 4.69) is 43.3 Å². The number of anilines is 2. The summed E-state index contributed by atoms with van der Waals surface area (Å²) < 4.78 is 0. The Bertz CT molecular complexity index is 438. The largest absolute Gasteiger partial charge is 0.370 e. The molecule has 1 heterocycles. The molecule has 2 N–H and O–H groups in total. The Hall–Kier alpha value is -1.32. The highest BCUT2D eigenvalue weighted by Crippen LogP contribution is 2.35. The summed E-state index contributed by atoms with van der Waals surface area (Å²) in [6.45, 7) is 9.53. The van der Waals surface area contributed by atoms with Gasteiger partial charge in [0.25, 0.3) is 0 Å². The number of aryl methyl sites for hydroxylation is 1. The lowest BCUT2D eigenvalue weighted by atomic mass is 9.78. The van der Waals surface area contributed by atoms with E-state index in [0.717, 1.165) is 42.4 Å². The van der Waals surface area contributed by atoms with Gasteiger partial charge in [-0.2, -0.15) is 0 Å². The molecule has 4 nitrogen and oxygen atoms in total. The number of rotatable bonds is 6. The fourth-order valence-electron chi connectivity index (χ4n) is 2.48.